The van der Waals surface area contributed by atoms with E-state index in [-0.39, 0.29) is 0 Å². The van der Waals surface area contributed by atoms with Crippen LogP contribution >= 0.6 is 11.3 Å². The molecule has 0 aliphatic rings. The number of pyridine rings is 1. The molecule has 0 saturated carbocycles. The van der Waals surface area contributed by atoms with Gasteiger partial charge >= 0.3 is 0 Å². The molecular weight excluding hydrogens is 220 g/mol. The molecule has 0 aliphatic carbocycles. The van der Waals surface area contributed by atoms with Crippen molar-refractivity contribution in [1.82, 2.24) is 9.97 Å². The highest BCUT2D eigenvalue weighted by molar-refractivity contribution is 7.11. The molecule has 2 aromatic heterocycles. The molecule has 0 amide bonds. The number of nitrogen functional groups attached to an aromatic ring is 1. The summed E-state index contributed by atoms with van der Waals surface area (Å²) < 4.78 is 0. The van der Waals surface area contributed by atoms with Gasteiger partial charge in [-0.1, -0.05) is 0 Å². The van der Waals surface area contributed by atoms with Crippen LogP contribution < -0.4 is 11.1 Å². The Labute approximate surface area is 98.6 Å². The van der Waals surface area contributed by atoms with E-state index in [0.717, 1.165) is 16.5 Å². The lowest BCUT2D eigenvalue weighted by Crippen LogP contribution is -2.04. The fourth-order valence-corrected chi connectivity index (χ4v) is 2.08. The van der Waals surface area contributed by atoms with Gasteiger partial charge in [0.1, 0.15) is 10.8 Å². The van der Waals surface area contributed by atoms with E-state index in [1.807, 2.05) is 32.2 Å². The molecule has 0 aliphatic heterocycles. The zero-order valence-corrected chi connectivity index (χ0v) is 10.1. The van der Waals surface area contributed by atoms with Gasteiger partial charge in [0.05, 0.1) is 12.2 Å². The van der Waals surface area contributed by atoms with Crippen LogP contribution in [0.4, 0.5) is 11.5 Å². The highest BCUT2D eigenvalue weighted by atomic mass is 32.1. The molecule has 4 nitrogen and oxygen atoms in total. The van der Waals surface area contributed by atoms with Crippen molar-refractivity contribution in [2.45, 2.75) is 20.4 Å². The highest BCUT2D eigenvalue weighted by Gasteiger charge is 2.02. The minimum absolute atomic E-state index is 0.666. The molecule has 2 rings (SSSR count). The molecule has 0 spiro atoms. The Kier molecular flexibility index (Phi) is 3.05. The monoisotopic (exact) mass is 234 g/mol. The zero-order valence-electron chi connectivity index (χ0n) is 9.32. The largest absolute Gasteiger partial charge is 0.396 e. The van der Waals surface area contributed by atoms with Gasteiger partial charge in [0, 0.05) is 16.8 Å². The fraction of sp³-hybridized carbons (Fsp3) is 0.273. The number of rotatable bonds is 3. The molecule has 0 radical (unpaired) electrons. The minimum atomic E-state index is 0.666. The second-order valence-corrected chi connectivity index (χ2v) is 4.93. The molecule has 2 aromatic rings. The molecule has 3 N–H and O–H groups in total. The van der Waals surface area contributed by atoms with E-state index in [1.165, 1.54) is 4.88 Å². The maximum absolute atomic E-state index is 5.82. The number of nitrogens with zero attached hydrogens (tertiary/aromatic N) is 2. The van der Waals surface area contributed by atoms with Crippen LogP contribution in [0.5, 0.6) is 0 Å². The number of aryl methyl sites for hydroxylation is 2. The molecule has 0 saturated heterocycles. The predicted molar refractivity (Wildman–Crippen MR) is 67.6 cm³/mol. The van der Waals surface area contributed by atoms with Gasteiger partial charge in [0.25, 0.3) is 0 Å². The molecule has 0 fully saturated rings. The van der Waals surface area contributed by atoms with Crippen molar-refractivity contribution >= 4 is 22.8 Å². The topological polar surface area (TPSA) is 63.8 Å². The van der Waals surface area contributed by atoms with Crippen molar-refractivity contribution in [2.24, 2.45) is 0 Å². The molecule has 0 bridgehead atoms. The van der Waals surface area contributed by atoms with Crippen LogP contribution in [0, 0.1) is 13.8 Å². The van der Waals surface area contributed by atoms with Crippen LogP contribution in [-0.2, 0) is 6.54 Å². The summed E-state index contributed by atoms with van der Waals surface area (Å²) in [4.78, 5) is 9.82. The minimum Gasteiger partial charge on any atom is -0.396 e. The van der Waals surface area contributed by atoms with Gasteiger partial charge in [-0.2, -0.15) is 0 Å². The van der Waals surface area contributed by atoms with Gasteiger partial charge < -0.3 is 11.1 Å². The van der Waals surface area contributed by atoms with Gasteiger partial charge in [-0.05, 0) is 26.0 Å². The smallest absolute Gasteiger partial charge is 0.149 e. The summed E-state index contributed by atoms with van der Waals surface area (Å²) in [5, 5.41) is 4.24. The van der Waals surface area contributed by atoms with Crippen LogP contribution in [-0.4, -0.2) is 9.97 Å². The summed E-state index contributed by atoms with van der Waals surface area (Å²) in [5.74, 6) is 0.729. The lowest BCUT2D eigenvalue weighted by atomic mass is 10.3. The second kappa shape index (κ2) is 4.49. The van der Waals surface area contributed by atoms with E-state index in [2.05, 4.69) is 15.3 Å². The van der Waals surface area contributed by atoms with Gasteiger partial charge in [-0.15, -0.1) is 11.3 Å². The quantitative estimate of drug-likeness (QED) is 0.855. The number of hydrogen-bond acceptors (Lipinski definition) is 5. The number of anilines is 2. The Morgan fingerprint density at radius 1 is 1.38 bits per heavy atom. The predicted octanol–water partition coefficient (Wildman–Crippen LogP) is 2.35. The third-order valence-corrected chi connectivity index (χ3v) is 3.05. The standard InChI is InChI=1S/C11H14N4S/c1-7-3-4-9(12)11(15-7)14-6-10-13-5-8(2)16-10/h3-5H,6,12H2,1-2H3,(H,14,15). The summed E-state index contributed by atoms with van der Waals surface area (Å²) in [7, 11) is 0. The van der Waals surface area contributed by atoms with Crippen molar-refractivity contribution in [1.29, 1.82) is 0 Å². The number of nitrogens with one attached hydrogen (secondary N) is 1. The first-order chi connectivity index (χ1) is 7.65. The Hall–Kier alpha value is -1.62. The first kappa shape index (κ1) is 10.9. The van der Waals surface area contributed by atoms with E-state index in [0.29, 0.717) is 12.2 Å². The van der Waals surface area contributed by atoms with Crippen LogP contribution in [0.15, 0.2) is 18.3 Å². The van der Waals surface area contributed by atoms with Crippen LogP contribution in [0.2, 0.25) is 0 Å². The summed E-state index contributed by atoms with van der Waals surface area (Å²) in [6.07, 6.45) is 1.87. The molecule has 0 aromatic carbocycles. The zero-order chi connectivity index (χ0) is 11.5. The lowest BCUT2D eigenvalue weighted by molar-refractivity contribution is 1.07. The normalized spacial score (nSPS) is 10.4. The maximum atomic E-state index is 5.82. The Balaban J connectivity index is 2.07. The van der Waals surface area contributed by atoms with Crippen LogP contribution in [0.1, 0.15) is 15.6 Å². The SMILES string of the molecule is Cc1ccc(N)c(NCc2ncc(C)s2)n1. The Bertz CT molecular complexity index is 492. The van der Waals surface area contributed by atoms with Crippen LogP contribution in [0.25, 0.3) is 0 Å². The van der Waals surface area contributed by atoms with E-state index < -0.39 is 0 Å². The Morgan fingerprint density at radius 2 is 2.19 bits per heavy atom. The first-order valence-electron chi connectivity index (χ1n) is 5.03. The summed E-state index contributed by atoms with van der Waals surface area (Å²) in [6.45, 7) is 4.65. The van der Waals surface area contributed by atoms with Crippen molar-refractivity contribution in [3.05, 3.63) is 33.9 Å². The van der Waals surface area contributed by atoms with Crippen molar-refractivity contribution < 1.29 is 0 Å². The van der Waals surface area contributed by atoms with Gasteiger partial charge in [0.2, 0.25) is 0 Å². The fourth-order valence-electron chi connectivity index (χ4n) is 1.35. The third kappa shape index (κ3) is 2.49. The second-order valence-electron chi connectivity index (χ2n) is 3.61. The average Bonchev–Trinajstić information content (AvgIpc) is 2.66. The molecule has 0 atom stereocenters. The van der Waals surface area contributed by atoms with E-state index >= 15 is 0 Å². The highest BCUT2D eigenvalue weighted by Crippen LogP contribution is 2.18. The van der Waals surface area contributed by atoms with E-state index in [4.69, 9.17) is 5.73 Å². The molecule has 5 heteroatoms. The molecule has 16 heavy (non-hydrogen) atoms. The molecule has 2 heterocycles. The molecule has 84 valence electrons. The summed E-state index contributed by atoms with van der Waals surface area (Å²) >= 11 is 1.67. The van der Waals surface area contributed by atoms with E-state index in [1.54, 1.807) is 11.3 Å². The number of aromatic nitrogens is 2. The number of hydrogen-bond donors (Lipinski definition) is 2. The summed E-state index contributed by atoms with van der Waals surface area (Å²) in [5.41, 5.74) is 7.43. The van der Waals surface area contributed by atoms with Gasteiger partial charge in [0.15, 0.2) is 0 Å². The van der Waals surface area contributed by atoms with Crippen molar-refractivity contribution in [3.63, 3.8) is 0 Å². The van der Waals surface area contributed by atoms with Crippen molar-refractivity contribution in [2.75, 3.05) is 11.1 Å². The first-order valence-corrected chi connectivity index (χ1v) is 5.85. The molecule has 0 unspecified atom stereocenters. The molecular formula is C11H14N4S. The lowest BCUT2D eigenvalue weighted by Gasteiger charge is -2.07. The third-order valence-electron chi connectivity index (χ3n) is 2.14. The average molecular weight is 234 g/mol. The Morgan fingerprint density at radius 3 is 2.88 bits per heavy atom. The number of nitrogens with two attached hydrogens (primary N) is 1. The van der Waals surface area contributed by atoms with Gasteiger partial charge in [-0.3, -0.25) is 0 Å². The van der Waals surface area contributed by atoms with E-state index in [9.17, 15) is 0 Å². The van der Waals surface area contributed by atoms with Crippen LogP contribution in [0.3, 0.4) is 0 Å². The maximum Gasteiger partial charge on any atom is 0.149 e. The van der Waals surface area contributed by atoms with Crippen molar-refractivity contribution in [3.8, 4) is 0 Å². The number of thiazole rings is 1. The summed E-state index contributed by atoms with van der Waals surface area (Å²) in [6, 6.07) is 3.76. The van der Waals surface area contributed by atoms with Gasteiger partial charge in [-0.25, -0.2) is 9.97 Å².